The van der Waals surface area contributed by atoms with Crippen LogP contribution in [0.1, 0.15) is 38.5 Å². The van der Waals surface area contributed by atoms with Crippen molar-refractivity contribution in [3.63, 3.8) is 0 Å². The Kier molecular flexibility index (Phi) is 5.74. The van der Waals surface area contributed by atoms with E-state index in [1.807, 2.05) is 0 Å². The second-order valence-corrected chi connectivity index (χ2v) is 6.17. The van der Waals surface area contributed by atoms with Crippen molar-refractivity contribution in [2.75, 3.05) is 0 Å². The summed E-state index contributed by atoms with van der Waals surface area (Å²) in [4.78, 5) is 24.0. The Labute approximate surface area is 128 Å². The third-order valence-corrected chi connectivity index (χ3v) is 4.63. The van der Waals surface area contributed by atoms with E-state index in [0.717, 1.165) is 0 Å². The zero-order chi connectivity index (χ0) is 16.3. The van der Waals surface area contributed by atoms with Gasteiger partial charge in [-0.15, -0.1) is 0 Å². The molecule has 0 saturated heterocycles. The van der Waals surface area contributed by atoms with Crippen LogP contribution in [0.3, 0.4) is 0 Å². The molecule has 6 atom stereocenters. The van der Waals surface area contributed by atoms with Gasteiger partial charge in [-0.2, -0.15) is 0 Å². The van der Waals surface area contributed by atoms with E-state index in [2.05, 4.69) is 10.9 Å². The quantitative estimate of drug-likeness (QED) is 0.332. The van der Waals surface area contributed by atoms with Crippen molar-refractivity contribution in [2.24, 2.45) is 11.8 Å². The van der Waals surface area contributed by atoms with E-state index < -0.39 is 48.1 Å². The number of hydrogen-bond donors (Lipinski definition) is 6. The Balaban J connectivity index is 1.84. The molecule has 2 amide bonds. The lowest BCUT2D eigenvalue weighted by atomic mass is 9.83. The zero-order valence-corrected chi connectivity index (χ0v) is 12.3. The van der Waals surface area contributed by atoms with Gasteiger partial charge in [0.05, 0.1) is 36.3 Å². The van der Waals surface area contributed by atoms with Crippen LogP contribution in [0.4, 0.5) is 0 Å². The molecule has 0 bridgehead atoms. The SMILES string of the molecule is O=C(NNC(=O)C1CCCC(O)C1O)C1CCCC(O)C1O. The van der Waals surface area contributed by atoms with Gasteiger partial charge in [0, 0.05) is 0 Å². The lowest BCUT2D eigenvalue weighted by Crippen LogP contribution is -2.54. The monoisotopic (exact) mass is 316 g/mol. The smallest absolute Gasteiger partial charge is 0.244 e. The van der Waals surface area contributed by atoms with Gasteiger partial charge in [0.2, 0.25) is 11.8 Å². The molecule has 22 heavy (non-hydrogen) atoms. The van der Waals surface area contributed by atoms with Gasteiger partial charge in [0.15, 0.2) is 0 Å². The van der Waals surface area contributed by atoms with Gasteiger partial charge < -0.3 is 20.4 Å². The van der Waals surface area contributed by atoms with Crippen molar-refractivity contribution < 1.29 is 30.0 Å². The molecule has 0 aromatic carbocycles. The topological polar surface area (TPSA) is 139 Å². The Morgan fingerprint density at radius 2 is 1.05 bits per heavy atom. The first-order valence-corrected chi connectivity index (χ1v) is 7.73. The van der Waals surface area contributed by atoms with Crippen LogP contribution in [-0.2, 0) is 9.59 Å². The predicted octanol–water partition coefficient (Wildman–Crippen LogP) is -1.82. The number of amides is 2. The Morgan fingerprint density at radius 1 is 0.682 bits per heavy atom. The fourth-order valence-corrected chi connectivity index (χ4v) is 3.19. The first-order chi connectivity index (χ1) is 10.4. The highest BCUT2D eigenvalue weighted by Gasteiger charge is 2.37. The number of aliphatic hydroxyl groups excluding tert-OH is 4. The molecule has 0 radical (unpaired) electrons. The summed E-state index contributed by atoms with van der Waals surface area (Å²) in [6.45, 7) is 0. The third-order valence-electron chi connectivity index (χ3n) is 4.63. The molecule has 2 fully saturated rings. The molecule has 126 valence electrons. The number of hydrogen-bond acceptors (Lipinski definition) is 6. The first-order valence-electron chi connectivity index (χ1n) is 7.73. The van der Waals surface area contributed by atoms with E-state index in [1.165, 1.54) is 0 Å². The maximum absolute atomic E-state index is 12.0. The third kappa shape index (κ3) is 3.75. The van der Waals surface area contributed by atoms with E-state index in [9.17, 15) is 30.0 Å². The van der Waals surface area contributed by atoms with Crippen molar-refractivity contribution in [2.45, 2.75) is 62.9 Å². The summed E-state index contributed by atoms with van der Waals surface area (Å²) in [5.74, 6) is -2.67. The molecule has 0 aromatic rings. The van der Waals surface area contributed by atoms with Crippen LogP contribution in [-0.4, -0.2) is 56.7 Å². The second kappa shape index (κ2) is 7.36. The van der Waals surface area contributed by atoms with E-state index in [1.54, 1.807) is 0 Å². The highest BCUT2D eigenvalue weighted by molar-refractivity contribution is 5.85. The predicted molar refractivity (Wildman–Crippen MR) is 75.0 cm³/mol. The standard InChI is InChI=1S/C14H24N2O6/c17-9-5-1-3-7(11(9)19)13(21)15-16-14(22)8-4-2-6-10(18)12(8)20/h7-12,17-20H,1-6H2,(H,15,21)(H,16,22). The summed E-state index contributed by atoms with van der Waals surface area (Å²) >= 11 is 0. The van der Waals surface area contributed by atoms with Crippen LogP contribution in [0.5, 0.6) is 0 Å². The molecule has 0 spiro atoms. The second-order valence-electron chi connectivity index (χ2n) is 6.17. The lowest BCUT2D eigenvalue weighted by molar-refractivity contribution is -0.143. The summed E-state index contributed by atoms with van der Waals surface area (Å²) in [7, 11) is 0. The van der Waals surface area contributed by atoms with E-state index >= 15 is 0 Å². The minimum absolute atomic E-state index is 0.435. The highest BCUT2D eigenvalue weighted by Crippen LogP contribution is 2.26. The normalized spacial score (nSPS) is 39.1. The van der Waals surface area contributed by atoms with Crippen molar-refractivity contribution in [1.29, 1.82) is 0 Å². The molecule has 0 aliphatic heterocycles. The van der Waals surface area contributed by atoms with Crippen LogP contribution in [0, 0.1) is 11.8 Å². The minimum atomic E-state index is -1.15. The molecule has 6 unspecified atom stereocenters. The molecular formula is C14H24N2O6. The molecule has 8 heteroatoms. The fourth-order valence-electron chi connectivity index (χ4n) is 3.19. The minimum Gasteiger partial charge on any atom is -0.390 e. The fraction of sp³-hybridized carbons (Fsp3) is 0.857. The summed E-state index contributed by atoms with van der Waals surface area (Å²) in [6.07, 6.45) is -1.15. The molecule has 0 heterocycles. The number of hydrazine groups is 1. The maximum atomic E-state index is 12.0. The summed E-state index contributed by atoms with van der Waals surface area (Å²) in [5.41, 5.74) is 4.47. The number of carbonyl (C=O) groups is 2. The highest BCUT2D eigenvalue weighted by atomic mass is 16.3. The van der Waals surface area contributed by atoms with Crippen LogP contribution in [0.15, 0.2) is 0 Å². The van der Waals surface area contributed by atoms with Gasteiger partial charge in [-0.05, 0) is 38.5 Å². The average Bonchev–Trinajstić information content (AvgIpc) is 2.50. The summed E-state index contributed by atoms with van der Waals surface area (Å²) < 4.78 is 0. The molecule has 0 aromatic heterocycles. The maximum Gasteiger partial charge on any atom is 0.244 e. The molecule has 2 rings (SSSR count). The van der Waals surface area contributed by atoms with Crippen LogP contribution in [0.2, 0.25) is 0 Å². The van der Waals surface area contributed by atoms with E-state index in [-0.39, 0.29) is 0 Å². The number of rotatable bonds is 2. The van der Waals surface area contributed by atoms with Gasteiger partial charge in [0.25, 0.3) is 0 Å². The van der Waals surface area contributed by atoms with Crippen molar-refractivity contribution >= 4 is 11.8 Å². The number of aliphatic hydroxyl groups is 4. The van der Waals surface area contributed by atoms with Gasteiger partial charge in [-0.1, -0.05) is 0 Å². The van der Waals surface area contributed by atoms with Gasteiger partial charge in [-0.3, -0.25) is 20.4 Å². The molecule has 2 aliphatic rings. The summed E-state index contributed by atoms with van der Waals surface area (Å²) in [6, 6.07) is 0. The summed E-state index contributed by atoms with van der Waals surface area (Å²) in [5, 5.41) is 38.7. The van der Waals surface area contributed by atoms with E-state index in [4.69, 9.17) is 0 Å². The zero-order valence-electron chi connectivity index (χ0n) is 12.3. The van der Waals surface area contributed by atoms with Crippen LogP contribution < -0.4 is 10.9 Å². The molecule has 2 aliphatic carbocycles. The molecule has 6 N–H and O–H groups in total. The van der Waals surface area contributed by atoms with Gasteiger partial charge in [-0.25, -0.2) is 0 Å². The number of carbonyl (C=O) groups excluding carboxylic acids is 2. The van der Waals surface area contributed by atoms with E-state index in [0.29, 0.717) is 38.5 Å². The van der Waals surface area contributed by atoms with Crippen molar-refractivity contribution in [3.05, 3.63) is 0 Å². The van der Waals surface area contributed by atoms with Crippen LogP contribution in [0.25, 0.3) is 0 Å². The Hall–Kier alpha value is -1.22. The van der Waals surface area contributed by atoms with Crippen molar-refractivity contribution in [3.8, 4) is 0 Å². The van der Waals surface area contributed by atoms with Gasteiger partial charge >= 0.3 is 0 Å². The largest absolute Gasteiger partial charge is 0.390 e. The van der Waals surface area contributed by atoms with Crippen LogP contribution >= 0.6 is 0 Å². The first kappa shape index (κ1) is 17.1. The molecule has 8 nitrogen and oxygen atoms in total. The molecular weight excluding hydrogens is 292 g/mol. The lowest BCUT2D eigenvalue weighted by Gasteiger charge is -2.32. The number of nitrogens with one attached hydrogen (secondary N) is 2. The Bertz CT molecular complexity index is 380. The van der Waals surface area contributed by atoms with Gasteiger partial charge in [0.1, 0.15) is 0 Å². The molecule has 2 saturated carbocycles. The van der Waals surface area contributed by atoms with Crippen molar-refractivity contribution in [1.82, 2.24) is 10.9 Å². The average molecular weight is 316 g/mol. The Morgan fingerprint density at radius 3 is 1.41 bits per heavy atom.